The molecule has 2 unspecified atom stereocenters. The SMILES string of the molecule is COC(=O)c1c(-c2c(F)cccc2Cl)noc1C1C=NN(c2ccc(F)cc2)C1C(F)(F)F. The normalized spacial score (nSPS) is 18.1. The monoisotopic (exact) mass is 485 g/mol. The minimum absolute atomic E-state index is 0.0472. The van der Waals surface area contributed by atoms with Crippen LogP contribution in [0.5, 0.6) is 0 Å². The molecule has 33 heavy (non-hydrogen) atoms. The maximum Gasteiger partial charge on any atom is 0.411 e. The number of methoxy groups -OCH3 is 1. The highest BCUT2D eigenvalue weighted by atomic mass is 35.5. The predicted octanol–water partition coefficient (Wildman–Crippen LogP) is 5.58. The van der Waals surface area contributed by atoms with Crippen LogP contribution in [0.2, 0.25) is 5.02 Å². The third-order valence-corrected chi connectivity index (χ3v) is 5.31. The van der Waals surface area contributed by atoms with Crippen molar-refractivity contribution in [3.05, 3.63) is 70.4 Å². The zero-order valence-corrected chi connectivity index (χ0v) is 17.4. The van der Waals surface area contributed by atoms with E-state index in [2.05, 4.69) is 10.3 Å². The summed E-state index contributed by atoms with van der Waals surface area (Å²) < 4.78 is 80.0. The summed E-state index contributed by atoms with van der Waals surface area (Å²) in [5.41, 5.74) is -1.30. The molecule has 0 saturated heterocycles. The molecule has 0 saturated carbocycles. The Bertz CT molecular complexity index is 1210. The first-order chi connectivity index (χ1) is 15.6. The Morgan fingerprint density at radius 1 is 1.15 bits per heavy atom. The highest BCUT2D eigenvalue weighted by Gasteiger charge is 2.54. The Kier molecular flexibility index (Phi) is 5.83. The molecule has 12 heteroatoms. The fourth-order valence-corrected chi connectivity index (χ4v) is 3.80. The van der Waals surface area contributed by atoms with Gasteiger partial charge in [-0.3, -0.25) is 5.01 Å². The lowest BCUT2D eigenvalue weighted by Gasteiger charge is -2.28. The van der Waals surface area contributed by atoms with E-state index in [-0.39, 0.29) is 16.3 Å². The van der Waals surface area contributed by atoms with E-state index in [1.54, 1.807) is 0 Å². The topological polar surface area (TPSA) is 67.9 Å². The van der Waals surface area contributed by atoms with Gasteiger partial charge in [0.1, 0.15) is 22.9 Å². The minimum Gasteiger partial charge on any atom is -0.465 e. The lowest BCUT2D eigenvalue weighted by Crippen LogP contribution is -2.44. The number of benzene rings is 2. The van der Waals surface area contributed by atoms with Crippen molar-refractivity contribution in [2.24, 2.45) is 5.10 Å². The van der Waals surface area contributed by atoms with Gasteiger partial charge in [-0.15, -0.1) is 0 Å². The summed E-state index contributed by atoms with van der Waals surface area (Å²) in [6, 6.07) is 5.56. The van der Waals surface area contributed by atoms with Crippen molar-refractivity contribution in [2.75, 3.05) is 12.1 Å². The molecule has 1 aliphatic rings. The van der Waals surface area contributed by atoms with Gasteiger partial charge in [-0.25, -0.2) is 13.6 Å². The molecule has 0 fully saturated rings. The summed E-state index contributed by atoms with van der Waals surface area (Å²) in [4.78, 5) is 12.5. The second-order valence-electron chi connectivity index (χ2n) is 6.96. The maximum absolute atomic E-state index is 14.5. The van der Waals surface area contributed by atoms with E-state index in [9.17, 15) is 26.7 Å². The number of ether oxygens (including phenoxy) is 1. The molecule has 3 aromatic rings. The molecule has 4 rings (SSSR count). The largest absolute Gasteiger partial charge is 0.465 e. The molecule has 0 N–H and O–H groups in total. The van der Waals surface area contributed by atoms with Crippen LogP contribution in [0.1, 0.15) is 22.0 Å². The van der Waals surface area contributed by atoms with Gasteiger partial charge in [-0.1, -0.05) is 22.8 Å². The molecular weight excluding hydrogens is 473 g/mol. The fourth-order valence-electron chi connectivity index (χ4n) is 3.55. The third kappa shape index (κ3) is 4.04. The molecular formula is C21H13ClF5N3O3. The summed E-state index contributed by atoms with van der Waals surface area (Å²) >= 11 is 6.05. The number of hydrazone groups is 1. The van der Waals surface area contributed by atoms with E-state index in [4.69, 9.17) is 20.9 Å². The highest BCUT2D eigenvalue weighted by molar-refractivity contribution is 6.33. The van der Waals surface area contributed by atoms with Crippen molar-refractivity contribution in [3.63, 3.8) is 0 Å². The van der Waals surface area contributed by atoms with Gasteiger partial charge in [0.15, 0.2) is 11.8 Å². The van der Waals surface area contributed by atoms with Crippen LogP contribution in [0.3, 0.4) is 0 Å². The molecule has 2 heterocycles. The number of carbonyl (C=O) groups is 1. The van der Waals surface area contributed by atoms with Gasteiger partial charge in [0.25, 0.3) is 0 Å². The van der Waals surface area contributed by atoms with Gasteiger partial charge in [-0.05, 0) is 36.4 Å². The molecule has 6 nitrogen and oxygen atoms in total. The van der Waals surface area contributed by atoms with E-state index in [1.807, 2.05) is 0 Å². The lowest BCUT2D eigenvalue weighted by atomic mass is 9.93. The van der Waals surface area contributed by atoms with Crippen LogP contribution in [0.25, 0.3) is 11.3 Å². The molecule has 0 amide bonds. The Labute approximate surface area is 188 Å². The summed E-state index contributed by atoms with van der Waals surface area (Å²) in [5.74, 6) is -4.80. The molecule has 0 spiro atoms. The van der Waals surface area contributed by atoms with Crippen molar-refractivity contribution in [1.29, 1.82) is 0 Å². The number of hydrogen-bond acceptors (Lipinski definition) is 6. The van der Waals surface area contributed by atoms with Crippen molar-refractivity contribution >= 4 is 29.5 Å². The summed E-state index contributed by atoms with van der Waals surface area (Å²) in [7, 11) is 1.00. The molecule has 0 aliphatic carbocycles. The summed E-state index contributed by atoms with van der Waals surface area (Å²) in [6.45, 7) is 0. The standard InChI is InChI=1S/C21H13ClF5N3O3/c1-32-20(31)16-17(15-13(22)3-2-4-14(15)24)29-33-18(16)12-9-28-30(19(12)21(25,26)27)11-7-5-10(23)6-8-11/h2-9,12,19H,1H3. The number of aromatic nitrogens is 1. The number of anilines is 1. The predicted molar refractivity (Wildman–Crippen MR) is 108 cm³/mol. The average Bonchev–Trinajstić information content (AvgIpc) is 3.38. The third-order valence-electron chi connectivity index (χ3n) is 4.99. The molecule has 2 atom stereocenters. The number of rotatable bonds is 4. The first-order valence-corrected chi connectivity index (χ1v) is 9.69. The number of halogens is 6. The van der Waals surface area contributed by atoms with Crippen molar-refractivity contribution in [2.45, 2.75) is 18.1 Å². The number of carbonyl (C=O) groups excluding carboxylic acids is 1. The van der Waals surface area contributed by atoms with Crippen LogP contribution in [0, 0.1) is 11.6 Å². The number of hydrogen-bond donors (Lipinski definition) is 0. The quantitative estimate of drug-likeness (QED) is 0.356. The van der Waals surface area contributed by atoms with Gasteiger partial charge >= 0.3 is 12.1 Å². The van der Waals surface area contributed by atoms with E-state index in [1.165, 1.54) is 12.1 Å². The number of nitrogens with zero attached hydrogens (tertiary/aromatic N) is 3. The van der Waals surface area contributed by atoms with Crippen molar-refractivity contribution in [3.8, 4) is 11.3 Å². The van der Waals surface area contributed by atoms with Gasteiger partial charge in [0, 0.05) is 6.21 Å². The van der Waals surface area contributed by atoms with E-state index in [0.29, 0.717) is 5.01 Å². The second-order valence-corrected chi connectivity index (χ2v) is 7.36. The van der Waals surface area contributed by atoms with Gasteiger partial charge < -0.3 is 9.26 Å². The Morgan fingerprint density at radius 2 is 1.85 bits per heavy atom. The summed E-state index contributed by atoms with van der Waals surface area (Å²) in [5, 5.41) is 7.95. The summed E-state index contributed by atoms with van der Waals surface area (Å²) in [6.07, 6.45) is -3.95. The van der Waals surface area contributed by atoms with Gasteiger partial charge in [0.2, 0.25) is 0 Å². The van der Waals surface area contributed by atoms with Crippen LogP contribution in [0.15, 0.2) is 52.1 Å². The second kappa shape index (κ2) is 8.47. The zero-order valence-electron chi connectivity index (χ0n) is 16.6. The van der Waals surface area contributed by atoms with Crippen molar-refractivity contribution < 1.29 is 36.0 Å². The molecule has 1 aromatic heterocycles. The zero-order chi connectivity index (χ0) is 23.9. The van der Waals surface area contributed by atoms with Crippen molar-refractivity contribution in [1.82, 2.24) is 5.16 Å². The van der Waals surface area contributed by atoms with Crippen LogP contribution in [-0.2, 0) is 4.74 Å². The Hall–Kier alpha value is -3.47. The van der Waals surface area contributed by atoms with Gasteiger partial charge in [-0.2, -0.15) is 18.3 Å². The number of alkyl halides is 3. The highest BCUT2D eigenvalue weighted by Crippen LogP contribution is 2.44. The first kappa shape index (κ1) is 22.7. The lowest BCUT2D eigenvalue weighted by molar-refractivity contribution is -0.149. The average molecular weight is 486 g/mol. The molecule has 1 aliphatic heterocycles. The first-order valence-electron chi connectivity index (χ1n) is 9.31. The maximum atomic E-state index is 14.5. The number of esters is 1. The fraction of sp³-hybridized carbons (Fsp3) is 0.190. The molecule has 172 valence electrons. The molecule has 2 aromatic carbocycles. The Morgan fingerprint density at radius 3 is 2.45 bits per heavy atom. The van der Waals surface area contributed by atoms with Crippen LogP contribution in [-0.4, -0.2) is 36.7 Å². The van der Waals surface area contributed by atoms with Crippen LogP contribution >= 0.6 is 11.6 Å². The molecule has 0 bridgehead atoms. The minimum atomic E-state index is -4.87. The van der Waals surface area contributed by atoms with E-state index in [0.717, 1.165) is 43.7 Å². The molecule has 0 radical (unpaired) electrons. The Balaban J connectivity index is 1.86. The van der Waals surface area contributed by atoms with Gasteiger partial charge in [0.05, 0.1) is 29.3 Å². The van der Waals surface area contributed by atoms with E-state index >= 15 is 0 Å². The smallest absolute Gasteiger partial charge is 0.411 e. The van der Waals surface area contributed by atoms with E-state index < -0.39 is 52.8 Å². The van der Waals surface area contributed by atoms with Crippen LogP contribution in [0.4, 0.5) is 27.6 Å². The van der Waals surface area contributed by atoms with Crippen LogP contribution < -0.4 is 5.01 Å².